The number of rotatable bonds is 6. The van der Waals surface area contributed by atoms with Crippen LogP contribution in [0.3, 0.4) is 0 Å². The summed E-state index contributed by atoms with van der Waals surface area (Å²) in [4.78, 5) is 12.4. The van der Waals surface area contributed by atoms with Gasteiger partial charge in [0.15, 0.2) is 0 Å². The zero-order chi connectivity index (χ0) is 20.1. The second kappa shape index (κ2) is 8.84. The van der Waals surface area contributed by atoms with Gasteiger partial charge in [0.2, 0.25) is 15.9 Å². The van der Waals surface area contributed by atoms with E-state index < -0.39 is 15.8 Å². The lowest BCUT2D eigenvalue weighted by molar-refractivity contribution is -0.116. The fraction of sp³-hybridized carbons (Fsp3) is 0.381. The summed E-state index contributed by atoms with van der Waals surface area (Å²) in [6.45, 7) is 2.95. The van der Waals surface area contributed by atoms with Gasteiger partial charge in [-0.1, -0.05) is 24.6 Å². The van der Waals surface area contributed by atoms with E-state index in [2.05, 4.69) is 5.32 Å². The topological polar surface area (TPSA) is 66.5 Å². The summed E-state index contributed by atoms with van der Waals surface area (Å²) >= 11 is 0. The minimum atomic E-state index is -3.44. The normalized spacial score (nSPS) is 15.4. The Morgan fingerprint density at radius 1 is 1.07 bits per heavy atom. The first kappa shape index (κ1) is 20.5. The predicted octanol–water partition coefficient (Wildman–Crippen LogP) is 3.88. The quantitative estimate of drug-likeness (QED) is 0.795. The summed E-state index contributed by atoms with van der Waals surface area (Å²) in [6.07, 6.45) is 3.58. The fourth-order valence-corrected chi connectivity index (χ4v) is 4.80. The van der Waals surface area contributed by atoms with Crippen molar-refractivity contribution in [2.45, 2.75) is 43.9 Å². The lowest BCUT2D eigenvalue weighted by atomic mass is 10.1. The standard InChI is InChI=1S/C21H25FN2O3S/c1-16-5-9-18(22)15-20(16)23-21(25)12-8-17-6-10-19(11-7-17)28(26,27)24-13-3-2-4-14-24/h5-7,9-11,15H,2-4,8,12-14H2,1H3,(H,23,25). The maximum atomic E-state index is 13.3. The van der Waals surface area contributed by atoms with Crippen LogP contribution in [-0.2, 0) is 21.2 Å². The van der Waals surface area contributed by atoms with Crippen LogP contribution in [0.4, 0.5) is 10.1 Å². The molecular weight excluding hydrogens is 379 g/mol. The number of aryl methyl sites for hydroxylation is 2. The molecule has 1 amide bonds. The molecule has 0 unspecified atom stereocenters. The number of carbonyl (C=O) groups is 1. The summed E-state index contributed by atoms with van der Waals surface area (Å²) in [5.41, 5.74) is 2.14. The molecule has 0 spiro atoms. The van der Waals surface area contributed by atoms with Gasteiger partial charge in [-0.3, -0.25) is 4.79 Å². The highest BCUT2D eigenvalue weighted by Gasteiger charge is 2.25. The molecule has 1 fully saturated rings. The van der Waals surface area contributed by atoms with E-state index in [0.717, 1.165) is 30.4 Å². The first-order valence-electron chi connectivity index (χ1n) is 9.51. The highest BCUT2D eigenvalue weighted by molar-refractivity contribution is 7.89. The zero-order valence-electron chi connectivity index (χ0n) is 15.9. The molecule has 28 heavy (non-hydrogen) atoms. The molecule has 0 saturated carbocycles. The summed E-state index contributed by atoms with van der Waals surface area (Å²) in [6, 6.07) is 11.0. The fourth-order valence-electron chi connectivity index (χ4n) is 3.28. The van der Waals surface area contributed by atoms with Crippen LogP contribution in [0.1, 0.15) is 36.8 Å². The van der Waals surface area contributed by atoms with Crippen LogP contribution in [0.15, 0.2) is 47.4 Å². The van der Waals surface area contributed by atoms with Crippen LogP contribution in [0.5, 0.6) is 0 Å². The molecule has 1 N–H and O–H groups in total. The average Bonchev–Trinajstić information content (AvgIpc) is 2.70. The van der Waals surface area contributed by atoms with Crippen molar-refractivity contribution in [2.24, 2.45) is 0 Å². The van der Waals surface area contributed by atoms with Crippen LogP contribution in [0.2, 0.25) is 0 Å². The molecule has 2 aromatic rings. The molecule has 1 aliphatic heterocycles. The second-order valence-corrected chi connectivity index (χ2v) is 9.05. The van der Waals surface area contributed by atoms with E-state index in [4.69, 9.17) is 0 Å². The first-order chi connectivity index (χ1) is 13.4. The number of amides is 1. The molecule has 150 valence electrons. The van der Waals surface area contributed by atoms with Crippen molar-refractivity contribution in [1.82, 2.24) is 4.31 Å². The van der Waals surface area contributed by atoms with Gasteiger partial charge in [0.25, 0.3) is 0 Å². The number of halogens is 1. The van der Waals surface area contributed by atoms with Gasteiger partial charge in [0.1, 0.15) is 5.82 Å². The van der Waals surface area contributed by atoms with Crippen LogP contribution in [-0.4, -0.2) is 31.7 Å². The van der Waals surface area contributed by atoms with E-state index in [0.29, 0.717) is 25.2 Å². The van der Waals surface area contributed by atoms with Crippen LogP contribution in [0, 0.1) is 12.7 Å². The predicted molar refractivity (Wildman–Crippen MR) is 107 cm³/mol. The Kier molecular flexibility index (Phi) is 6.46. The SMILES string of the molecule is Cc1ccc(F)cc1NC(=O)CCc1ccc(S(=O)(=O)N2CCCCC2)cc1. The molecule has 5 nitrogen and oxygen atoms in total. The van der Waals surface area contributed by atoms with Crippen molar-refractivity contribution in [3.05, 3.63) is 59.4 Å². The van der Waals surface area contributed by atoms with Gasteiger partial charge >= 0.3 is 0 Å². The lowest BCUT2D eigenvalue weighted by Gasteiger charge is -2.25. The molecule has 1 aliphatic rings. The van der Waals surface area contributed by atoms with Crippen LogP contribution < -0.4 is 5.32 Å². The van der Waals surface area contributed by atoms with Gasteiger partial charge in [-0.05, 0) is 61.6 Å². The smallest absolute Gasteiger partial charge is 0.243 e. The number of hydrogen-bond acceptors (Lipinski definition) is 3. The van der Waals surface area contributed by atoms with Crippen molar-refractivity contribution in [3.63, 3.8) is 0 Å². The molecule has 1 saturated heterocycles. The summed E-state index contributed by atoms with van der Waals surface area (Å²) in [5.74, 6) is -0.606. The highest BCUT2D eigenvalue weighted by Crippen LogP contribution is 2.21. The van der Waals surface area contributed by atoms with Gasteiger partial charge in [0, 0.05) is 25.2 Å². The summed E-state index contributed by atoms with van der Waals surface area (Å²) < 4.78 is 40.2. The molecule has 0 aliphatic carbocycles. The van der Waals surface area contributed by atoms with E-state index in [1.807, 2.05) is 0 Å². The molecule has 7 heteroatoms. The molecule has 1 heterocycles. The average molecular weight is 405 g/mol. The molecule has 0 aromatic heterocycles. The maximum Gasteiger partial charge on any atom is 0.243 e. The van der Waals surface area contributed by atoms with E-state index in [-0.39, 0.29) is 17.2 Å². The van der Waals surface area contributed by atoms with Crippen molar-refractivity contribution >= 4 is 21.6 Å². The minimum absolute atomic E-state index is 0.210. The van der Waals surface area contributed by atoms with Gasteiger partial charge in [-0.15, -0.1) is 0 Å². The highest BCUT2D eigenvalue weighted by atomic mass is 32.2. The van der Waals surface area contributed by atoms with Crippen molar-refractivity contribution < 1.29 is 17.6 Å². The molecule has 0 bridgehead atoms. The number of hydrogen-bond donors (Lipinski definition) is 1. The number of nitrogens with one attached hydrogen (secondary N) is 1. The number of nitrogens with zero attached hydrogens (tertiary/aromatic N) is 1. The number of benzene rings is 2. The largest absolute Gasteiger partial charge is 0.326 e. The first-order valence-corrected chi connectivity index (χ1v) is 11.0. The van der Waals surface area contributed by atoms with E-state index in [1.165, 1.54) is 12.1 Å². The van der Waals surface area contributed by atoms with Crippen LogP contribution in [0.25, 0.3) is 0 Å². The van der Waals surface area contributed by atoms with Crippen molar-refractivity contribution in [1.29, 1.82) is 0 Å². The molecular formula is C21H25FN2O3S. The van der Waals surface area contributed by atoms with Crippen LogP contribution >= 0.6 is 0 Å². The minimum Gasteiger partial charge on any atom is -0.326 e. The van der Waals surface area contributed by atoms with E-state index in [9.17, 15) is 17.6 Å². The Balaban J connectivity index is 1.58. The number of sulfonamides is 1. The van der Waals surface area contributed by atoms with Gasteiger partial charge in [0.05, 0.1) is 4.90 Å². The maximum absolute atomic E-state index is 13.3. The second-order valence-electron chi connectivity index (χ2n) is 7.12. The Bertz CT molecular complexity index is 937. The third kappa shape index (κ3) is 4.97. The molecule has 3 rings (SSSR count). The third-order valence-corrected chi connectivity index (χ3v) is 6.90. The summed E-state index contributed by atoms with van der Waals surface area (Å²) in [7, 11) is -3.44. The molecule has 2 aromatic carbocycles. The van der Waals surface area contributed by atoms with Crippen molar-refractivity contribution in [3.8, 4) is 0 Å². The number of piperidine rings is 1. The van der Waals surface area contributed by atoms with Crippen molar-refractivity contribution in [2.75, 3.05) is 18.4 Å². The Hall–Kier alpha value is -2.25. The van der Waals surface area contributed by atoms with E-state index in [1.54, 1.807) is 41.6 Å². The summed E-state index contributed by atoms with van der Waals surface area (Å²) in [5, 5.41) is 2.72. The van der Waals surface area contributed by atoms with Gasteiger partial charge < -0.3 is 5.32 Å². The zero-order valence-corrected chi connectivity index (χ0v) is 16.8. The number of carbonyl (C=O) groups excluding carboxylic acids is 1. The van der Waals surface area contributed by atoms with E-state index >= 15 is 0 Å². The third-order valence-electron chi connectivity index (χ3n) is 4.99. The van der Waals surface area contributed by atoms with Gasteiger partial charge in [-0.25, -0.2) is 12.8 Å². The Labute approximate surface area is 165 Å². The monoisotopic (exact) mass is 404 g/mol. The molecule has 0 atom stereocenters. The number of anilines is 1. The lowest BCUT2D eigenvalue weighted by Crippen LogP contribution is -2.35. The Morgan fingerprint density at radius 2 is 1.75 bits per heavy atom. The molecule has 0 radical (unpaired) electrons. The van der Waals surface area contributed by atoms with Gasteiger partial charge in [-0.2, -0.15) is 4.31 Å². The Morgan fingerprint density at radius 3 is 2.43 bits per heavy atom.